The number of benzene rings is 1. The molecule has 3 heterocycles. The van der Waals surface area contributed by atoms with Gasteiger partial charge in [-0.15, -0.1) is 0 Å². The van der Waals surface area contributed by atoms with Gasteiger partial charge in [0, 0.05) is 88.4 Å². The Morgan fingerprint density at radius 1 is 0.500 bits per heavy atom. The Balaban J connectivity index is 1.45. The molecule has 0 saturated carbocycles. The Bertz CT molecular complexity index is 3840. The normalized spacial score (nSPS) is 18.0. The lowest BCUT2D eigenvalue weighted by Crippen LogP contribution is -2.55. The van der Waals surface area contributed by atoms with Crippen molar-refractivity contribution in [3.8, 4) is 0 Å². The maximum Gasteiger partial charge on any atom is 0.327 e. The van der Waals surface area contributed by atoms with Gasteiger partial charge in [0.25, 0.3) is 11.5 Å². The lowest BCUT2D eigenvalue weighted by atomic mass is 9.86. The molecule has 0 aliphatic carbocycles. The summed E-state index contributed by atoms with van der Waals surface area (Å²) < 4.78 is 0. The highest BCUT2D eigenvalue weighted by atomic mass is 32.1. The van der Waals surface area contributed by atoms with Crippen LogP contribution in [0.4, 0.5) is 11.6 Å². The topological polar surface area (TPSA) is 803 Å². The molecule has 1 aromatic carbocycles. The number of ketones is 4. The van der Waals surface area contributed by atoms with Crippen molar-refractivity contribution in [2.45, 2.75) is 155 Å². The van der Waals surface area contributed by atoms with Crippen molar-refractivity contribution in [3.05, 3.63) is 52.1 Å². The number of nitrogen functional groups attached to an aromatic ring is 1. The highest BCUT2D eigenvalue weighted by molar-refractivity contribution is 7.80. The number of H-pyrrole nitrogens is 1. The minimum absolute atomic E-state index is 0.00183. The van der Waals surface area contributed by atoms with Gasteiger partial charge in [-0.2, -0.15) is 17.6 Å². The first kappa shape index (κ1) is 96.9. The van der Waals surface area contributed by atoms with Crippen molar-refractivity contribution < 1.29 is 164 Å². The molecule has 47 nitrogen and oxygen atoms in total. The summed E-state index contributed by atoms with van der Waals surface area (Å²) in [6.07, 6.45) is -36.2. The van der Waals surface area contributed by atoms with E-state index < -0.39 is 293 Å². The number of hydrogen-bond donors (Lipinski definition) is 29. The van der Waals surface area contributed by atoms with E-state index in [4.69, 9.17) is 5.73 Å². The number of carboxylic acid groups (broad SMARTS) is 4. The number of carbonyl (C=O) groups excluding carboxylic acids is 9. The van der Waals surface area contributed by atoms with Crippen LogP contribution in [-0.4, -0.2) is 384 Å². The van der Waals surface area contributed by atoms with Gasteiger partial charge in [-0.3, -0.25) is 72.3 Å². The van der Waals surface area contributed by atoms with Gasteiger partial charge >= 0.3 is 23.9 Å². The van der Waals surface area contributed by atoms with Crippen molar-refractivity contribution in [2.24, 2.45) is 23.7 Å². The van der Waals surface area contributed by atoms with Crippen LogP contribution in [0.2, 0.25) is 0 Å². The molecule has 1 unspecified atom stereocenters. The van der Waals surface area contributed by atoms with Crippen LogP contribution in [-0.2, 0) is 64.1 Å². The Morgan fingerprint density at radius 2 is 0.912 bits per heavy atom. The minimum Gasteiger partial charge on any atom is -0.481 e. The van der Waals surface area contributed by atoms with Gasteiger partial charge in [-0.05, 0) is 30.7 Å². The van der Waals surface area contributed by atoms with E-state index in [0.717, 1.165) is 0 Å². The summed E-state index contributed by atoms with van der Waals surface area (Å²) in [6, 6.07) is -2.69. The van der Waals surface area contributed by atoms with Crippen molar-refractivity contribution in [2.75, 3.05) is 89.0 Å². The number of Topliss-reactive ketones (excluding diaryl/α,β-unsaturated/α-hetero) is 4. The number of carbonyl (C=O) groups is 13. The quantitative estimate of drug-likeness (QED) is 0.0233. The number of amides is 5. The molecule has 1 aliphatic heterocycles. The maximum absolute atomic E-state index is 14.2. The van der Waals surface area contributed by atoms with Crippen molar-refractivity contribution in [3.63, 3.8) is 0 Å². The summed E-state index contributed by atoms with van der Waals surface area (Å²) in [5.74, 6) is -28.3. The number of nitrogens with zero attached hydrogens (tertiary/aromatic N) is 5. The number of aromatic amines is 1. The van der Waals surface area contributed by atoms with Crippen LogP contribution in [0.3, 0.4) is 0 Å². The monoisotopic (exact) mass is 1650 g/mol. The molecule has 1 aliphatic rings. The second kappa shape index (κ2) is 46.8. The van der Waals surface area contributed by atoms with Gasteiger partial charge in [0.15, 0.2) is 22.7 Å². The number of carboxylic acids is 4. The second-order valence-corrected chi connectivity index (χ2v) is 27.2. The van der Waals surface area contributed by atoms with E-state index >= 15 is 0 Å². The number of thiol groups is 1. The Labute approximate surface area is 650 Å². The molecule has 20 atom stereocenters. The SMILES string of the molecule is Nc1nc2ncc(CNc3ccc(C(=O)N[C@@H](CCC(=O)C[C@H](C(=O)N[C@@H](CC(=O)O)C(=O)C[C@H](C(=O)NCCN4CCN(CC(=O)C[C@H](C(=O)N[C@@H](CC(=O)O)C(=O)C[C@H](C(=O)NC(CS)C(=O)O)[C@@H](O)[C@H](O)[C@H](O)CO)[C@@H](O)[C@H](O)[C@H](O)CO)CC4)[C@@H](O)[C@H](O)[C@H](O)CO)[C@@H](O)[C@H](O)[C@H](O)CO)C(=O)O)cc3)nc2c(=O)[nH]1. The molecule has 5 amide bonds. The molecule has 0 spiro atoms. The van der Waals surface area contributed by atoms with Crippen LogP contribution >= 0.6 is 12.6 Å². The first-order valence-electron chi connectivity index (χ1n) is 35.1. The van der Waals surface area contributed by atoms with Crippen LogP contribution in [0.5, 0.6) is 0 Å². The van der Waals surface area contributed by atoms with E-state index in [1.807, 2.05) is 16.0 Å². The van der Waals surface area contributed by atoms with Crippen molar-refractivity contribution in [1.82, 2.24) is 56.3 Å². The lowest BCUT2D eigenvalue weighted by molar-refractivity contribution is -0.149. The Hall–Kier alpha value is -9.42. The van der Waals surface area contributed by atoms with Crippen LogP contribution in [0.1, 0.15) is 67.4 Å². The number of rotatable bonds is 53. The number of nitrogens with one attached hydrogen (secondary N) is 7. The molecule has 114 heavy (non-hydrogen) atoms. The number of nitrogens with two attached hydrogens (primary N) is 1. The van der Waals surface area contributed by atoms with Crippen LogP contribution in [0, 0.1) is 23.7 Å². The third-order valence-corrected chi connectivity index (χ3v) is 18.8. The molecule has 3 aromatic rings. The third kappa shape index (κ3) is 29.5. The molecule has 2 aromatic heterocycles. The predicted molar refractivity (Wildman–Crippen MR) is 385 cm³/mol. The van der Waals surface area contributed by atoms with Crippen molar-refractivity contribution >= 4 is 112 Å². The lowest BCUT2D eigenvalue weighted by Gasteiger charge is -2.35. The number of aliphatic carboxylic acids is 4. The van der Waals surface area contributed by atoms with Crippen LogP contribution in [0.25, 0.3) is 11.2 Å². The van der Waals surface area contributed by atoms with Gasteiger partial charge in [-0.25, -0.2) is 19.6 Å². The molecule has 1 fully saturated rings. The summed E-state index contributed by atoms with van der Waals surface area (Å²) in [6.45, 7) is -5.75. The Kier molecular flexibility index (Phi) is 39.8. The van der Waals surface area contributed by atoms with E-state index in [-0.39, 0.29) is 68.5 Å². The molecular weight excluding hydrogens is 1550 g/mol. The summed E-state index contributed by atoms with van der Waals surface area (Å²) in [5, 5.41) is 219. The largest absolute Gasteiger partial charge is 0.481 e. The molecule has 0 bridgehead atoms. The number of anilines is 2. The van der Waals surface area contributed by atoms with Gasteiger partial charge in [0.1, 0.15) is 72.5 Å². The summed E-state index contributed by atoms with van der Waals surface area (Å²) >= 11 is 3.80. The van der Waals surface area contributed by atoms with Gasteiger partial charge < -0.3 is 140 Å². The third-order valence-electron chi connectivity index (χ3n) is 18.4. The minimum atomic E-state index is -2.54. The van der Waals surface area contributed by atoms with E-state index in [9.17, 15) is 169 Å². The predicted octanol–water partition coefficient (Wildman–Crippen LogP) is -13.4. The molecular formula is C66H97N13O34S. The summed E-state index contributed by atoms with van der Waals surface area (Å²) in [4.78, 5) is 202. The van der Waals surface area contributed by atoms with Gasteiger partial charge in [0.05, 0.1) is 124 Å². The van der Waals surface area contributed by atoms with E-state index in [0.29, 0.717) is 11.4 Å². The fourth-order valence-corrected chi connectivity index (χ4v) is 11.9. The number of aliphatic hydroxyl groups is 16. The first-order chi connectivity index (χ1) is 53.6. The fraction of sp³-hybridized carbons (Fsp3) is 0.621. The van der Waals surface area contributed by atoms with Crippen LogP contribution in [0.15, 0.2) is 35.3 Å². The number of aromatic nitrogens is 4. The van der Waals surface area contributed by atoms with Crippen LogP contribution < -0.4 is 43.2 Å². The van der Waals surface area contributed by atoms with Gasteiger partial charge in [0.2, 0.25) is 29.6 Å². The average Bonchev–Trinajstić information content (AvgIpc) is 0.811. The van der Waals surface area contributed by atoms with Crippen molar-refractivity contribution in [1.29, 1.82) is 0 Å². The maximum atomic E-state index is 14.2. The van der Waals surface area contributed by atoms with Gasteiger partial charge in [-0.1, -0.05) is 0 Å². The highest BCUT2D eigenvalue weighted by Gasteiger charge is 2.45. The zero-order valence-electron chi connectivity index (χ0n) is 60.7. The fourth-order valence-electron chi connectivity index (χ4n) is 11.7. The summed E-state index contributed by atoms with van der Waals surface area (Å²) in [7, 11) is 0. The average molecular weight is 1650 g/mol. The number of fused-ring (bicyclic) bond motifs is 1. The highest BCUT2D eigenvalue weighted by Crippen LogP contribution is 2.25. The first-order valence-corrected chi connectivity index (χ1v) is 35.7. The van der Waals surface area contributed by atoms with E-state index in [1.54, 1.807) is 4.90 Å². The number of piperazine rings is 1. The molecule has 636 valence electrons. The molecule has 4 rings (SSSR count). The Morgan fingerprint density at radius 3 is 1.33 bits per heavy atom. The smallest absolute Gasteiger partial charge is 0.327 e. The van der Waals surface area contributed by atoms with E-state index in [2.05, 4.69) is 48.5 Å². The zero-order valence-corrected chi connectivity index (χ0v) is 61.6. The van der Waals surface area contributed by atoms with E-state index in [1.165, 1.54) is 35.4 Å². The summed E-state index contributed by atoms with van der Waals surface area (Å²) in [5.41, 5.74) is 5.49. The second-order valence-electron chi connectivity index (χ2n) is 26.8. The molecule has 1 saturated heterocycles. The number of aliphatic hydroxyl groups excluding tert-OH is 16. The molecule has 0 radical (unpaired) electrons. The zero-order chi connectivity index (χ0) is 85.7. The standard InChI is InChI=1S/C66H97N13O34S/c67-66-76-57-48(63(109)77-66)71-29(20-70-57)19-69-28-3-1-27(2-4-28)58(104)72-36(64(110)111)6-5-30(84)13-32(49(96)53(100)42(88)22-80)60(106)73-37(17-46(92)93)40(86)15-34(51(98)55(102)44(90)24-82)59(105)68-7-8-78-9-11-79(12-10-78)21-31(85)14-33(50(97)54(101)43(89)23-81)61(107)74-38(18-47(94)95)41(87)16-35(52(99)56(103)45(91)25-83)62(108)75-39(26-114)65(112)113/h1-4,20,32-39,42-45,49-56,69,80-83,88-91,96-103,114H,5-19,21-26H2,(H,68,105)(H,72,104)(H,73,106)(H,74,107)(H,75,108)(H,92,93)(H,94,95)(H,110,111)(H,112,113)(H3,67,70,76,77,109)/t32-,33-,34-,35-,36-,37-,38-,39?,42+,43+,44+,45+,49+,50+,51+,52+,53+,54+,55+,56+/m0/s1. The molecule has 29 N–H and O–H groups in total. The number of hydrogen-bond acceptors (Lipinski definition) is 38. The molecule has 48 heteroatoms.